The number of hydrogen-bond acceptors (Lipinski definition) is 5. The van der Waals surface area contributed by atoms with E-state index in [2.05, 4.69) is 9.62 Å². The topological polar surface area (TPSA) is 81.8 Å². The fourth-order valence-electron chi connectivity index (χ4n) is 1.36. The minimum absolute atomic E-state index is 0.212. The van der Waals surface area contributed by atoms with Crippen molar-refractivity contribution in [2.75, 3.05) is 7.11 Å². The molecule has 19 heavy (non-hydrogen) atoms. The molecule has 0 saturated heterocycles. The van der Waals surface area contributed by atoms with Crippen LogP contribution in [0.1, 0.15) is 5.56 Å². The molecule has 1 unspecified atom stereocenters. The van der Waals surface area contributed by atoms with Gasteiger partial charge in [-0.3, -0.25) is 0 Å². The van der Waals surface area contributed by atoms with Gasteiger partial charge in [0, 0.05) is 12.2 Å². The van der Waals surface area contributed by atoms with E-state index in [9.17, 15) is 10.0 Å². The second-order valence-corrected chi connectivity index (χ2v) is 3.64. The van der Waals surface area contributed by atoms with Crippen LogP contribution in [0.25, 0.3) is 0 Å². The van der Waals surface area contributed by atoms with E-state index in [-0.39, 0.29) is 6.42 Å². The molecule has 6 nitrogen and oxygen atoms in total. The van der Waals surface area contributed by atoms with E-state index >= 15 is 0 Å². The first-order valence-electron chi connectivity index (χ1n) is 5.56. The molecular formula is C13H15NO5. The summed E-state index contributed by atoms with van der Waals surface area (Å²) in [5.41, 5.74) is 0.841. The van der Waals surface area contributed by atoms with Crippen molar-refractivity contribution < 1.29 is 24.4 Å². The SMILES string of the molecule is COC(=O)/C=C\C=[N+](/[O-])C(Cc1ccccc1)OO. The maximum atomic E-state index is 11.6. The van der Waals surface area contributed by atoms with Crippen molar-refractivity contribution in [3.63, 3.8) is 0 Å². The average molecular weight is 265 g/mol. The Kier molecular flexibility index (Phi) is 6.28. The van der Waals surface area contributed by atoms with Gasteiger partial charge in [0.1, 0.15) is 0 Å². The van der Waals surface area contributed by atoms with Gasteiger partial charge in [0.05, 0.1) is 13.5 Å². The van der Waals surface area contributed by atoms with Crippen molar-refractivity contribution in [1.29, 1.82) is 0 Å². The normalized spacial score (nSPS) is 13.5. The summed E-state index contributed by atoms with van der Waals surface area (Å²) in [6.45, 7) is 0. The fraction of sp³-hybridized carbons (Fsp3) is 0.231. The summed E-state index contributed by atoms with van der Waals surface area (Å²) in [6, 6.07) is 9.10. The number of hydroxylamine groups is 1. The predicted octanol–water partition coefficient (Wildman–Crippen LogP) is 1.36. The van der Waals surface area contributed by atoms with Crippen molar-refractivity contribution in [2.45, 2.75) is 12.6 Å². The number of benzene rings is 1. The third kappa shape index (κ3) is 5.33. The molecule has 1 aromatic carbocycles. The Bertz CT molecular complexity index is 455. The third-order valence-electron chi connectivity index (χ3n) is 2.33. The van der Waals surface area contributed by atoms with E-state index in [4.69, 9.17) is 5.26 Å². The largest absolute Gasteiger partial charge is 0.622 e. The number of carbonyl (C=O) groups excluding carboxylic acids is 1. The van der Waals surface area contributed by atoms with Gasteiger partial charge < -0.3 is 9.94 Å². The van der Waals surface area contributed by atoms with Crippen LogP contribution in [-0.4, -0.2) is 35.5 Å². The lowest BCUT2D eigenvalue weighted by molar-refractivity contribution is -0.597. The van der Waals surface area contributed by atoms with Crippen LogP contribution in [0.4, 0.5) is 0 Å². The number of allylic oxidation sites excluding steroid dienone is 1. The minimum atomic E-state index is -1.08. The predicted molar refractivity (Wildman–Crippen MR) is 68.5 cm³/mol. The highest BCUT2D eigenvalue weighted by Gasteiger charge is 2.16. The van der Waals surface area contributed by atoms with Gasteiger partial charge >= 0.3 is 5.97 Å². The van der Waals surface area contributed by atoms with Crippen LogP contribution in [0, 0.1) is 5.21 Å². The summed E-state index contributed by atoms with van der Waals surface area (Å²) in [7, 11) is 1.23. The van der Waals surface area contributed by atoms with E-state index in [0.29, 0.717) is 4.74 Å². The molecule has 0 bridgehead atoms. The van der Waals surface area contributed by atoms with Crippen LogP contribution >= 0.6 is 0 Å². The standard InChI is InChI=1S/C13H15NO5/c1-18-13(15)8-5-9-14(16)12(19-17)10-11-6-3-2-4-7-11/h2-9,12,17H,10H2,1H3/b8-5-,14-9-. The van der Waals surface area contributed by atoms with Gasteiger partial charge in [-0.2, -0.15) is 9.63 Å². The summed E-state index contributed by atoms with van der Waals surface area (Å²) >= 11 is 0. The number of methoxy groups -OCH3 is 1. The number of rotatable bonds is 6. The number of ether oxygens (including phenoxy) is 1. The molecule has 102 valence electrons. The van der Waals surface area contributed by atoms with Gasteiger partial charge in [-0.15, -0.1) is 0 Å². The molecule has 0 heterocycles. The number of hydrogen-bond donors (Lipinski definition) is 1. The summed E-state index contributed by atoms with van der Waals surface area (Å²) < 4.78 is 4.78. The lowest BCUT2D eigenvalue weighted by Gasteiger charge is -2.12. The molecule has 0 fully saturated rings. The van der Waals surface area contributed by atoms with E-state index in [1.54, 1.807) is 0 Å². The Balaban J connectivity index is 2.66. The van der Waals surface area contributed by atoms with Crippen molar-refractivity contribution in [3.8, 4) is 0 Å². The highest BCUT2D eigenvalue weighted by Crippen LogP contribution is 2.05. The van der Waals surface area contributed by atoms with Gasteiger partial charge in [-0.1, -0.05) is 30.3 Å². The first kappa shape index (κ1) is 14.9. The third-order valence-corrected chi connectivity index (χ3v) is 2.33. The monoisotopic (exact) mass is 265 g/mol. The Morgan fingerprint density at radius 2 is 2.16 bits per heavy atom. The lowest BCUT2D eigenvalue weighted by Crippen LogP contribution is -2.26. The summed E-state index contributed by atoms with van der Waals surface area (Å²) in [5.74, 6) is -0.575. The van der Waals surface area contributed by atoms with Gasteiger partial charge in [0.2, 0.25) is 0 Å². The molecule has 1 aromatic rings. The second kappa shape index (κ2) is 8.02. The number of esters is 1. The molecular weight excluding hydrogens is 250 g/mol. The molecule has 6 heteroatoms. The van der Waals surface area contributed by atoms with Crippen LogP contribution < -0.4 is 0 Å². The summed E-state index contributed by atoms with van der Waals surface area (Å²) in [5, 5.41) is 20.4. The summed E-state index contributed by atoms with van der Waals surface area (Å²) in [4.78, 5) is 14.9. The quantitative estimate of drug-likeness (QED) is 0.123. The molecule has 0 aliphatic rings. The molecule has 1 rings (SSSR count). The maximum absolute atomic E-state index is 11.6. The molecule has 0 amide bonds. The van der Waals surface area contributed by atoms with Gasteiger partial charge in [0.25, 0.3) is 6.23 Å². The second-order valence-electron chi connectivity index (χ2n) is 3.64. The van der Waals surface area contributed by atoms with Gasteiger partial charge in [-0.25, -0.2) is 10.1 Å². The smallest absolute Gasteiger partial charge is 0.330 e. The average Bonchev–Trinajstić information content (AvgIpc) is 2.45. The molecule has 0 aliphatic heterocycles. The fourth-order valence-corrected chi connectivity index (χ4v) is 1.36. The van der Waals surface area contributed by atoms with Crippen molar-refractivity contribution >= 4 is 12.2 Å². The van der Waals surface area contributed by atoms with Crippen LogP contribution in [0.5, 0.6) is 0 Å². The molecule has 1 atom stereocenters. The first-order valence-corrected chi connectivity index (χ1v) is 5.56. The molecule has 1 N–H and O–H groups in total. The van der Waals surface area contributed by atoms with Crippen LogP contribution in [-0.2, 0) is 20.8 Å². The Morgan fingerprint density at radius 3 is 2.74 bits per heavy atom. The van der Waals surface area contributed by atoms with Crippen LogP contribution in [0.3, 0.4) is 0 Å². The molecule has 0 aliphatic carbocycles. The van der Waals surface area contributed by atoms with Crippen molar-refractivity contribution in [2.24, 2.45) is 0 Å². The molecule has 0 spiro atoms. The highest BCUT2D eigenvalue weighted by atomic mass is 17.1. The molecule has 0 aromatic heterocycles. The minimum Gasteiger partial charge on any atom is -0.622 e. The van der Waals surface area contributed by atoms with Crippen LogP contribution in [0.15, 0.2) is 42.5 Å². The zero-order valence-electron chi connectivity index (χ0n) is 10.4. The molecule has 0 saturated carbocycles. The Morgan fingerprint density at radius 1 is 1.47 bits per heavy atom. The zero-order valence-corrected chi connectivity index (χ0v) is 10.4. The van der Waals surface area contributed by atoms with E-state index in [0.717, 1.165) is 17.9 Å². The summed E-state index contributed by atoms with van der Waals surface area (Å²) in [6.07, 6.45) is 2.51. The number of carbonyl (C=O) groups is 1. The lowest BCUT2D eigenvalue weighted by atomic mass is 10.1. The maximum Gasteiger partial charge on any atom is 0.330 e. The molecule has 0 radical (unpaired) electrons. The number of nitrogens with zero attached hydrogens (tertiary/aromatic N) is 1. The highest BCUT2D eigenvalue weighted by molar-refractivity contribution is 5.86. The van der Waals surface area contributed by atoms with Gasteiger partial charge in [-0.05, 0) is 5.56 Å². The Hall–Kier alpha value is -2.18. The van der Waals surface area contributed by atoms with E-state index in [1.807, 2.05) is 30.3 Å². The zero-order chi connectivity index (χ0) is 14.1. The van der Waals surface area contributed by atoms with Crippen molar-refractivity contribution in [3.05, 3.63) is 53.3 Å². The van der Waals surface area contributed by atoms with Gasteiger partial charge in [0.15, 0.2) is 6.21 Å². The first-order chi connectivity index (χ1) is 9.17. The van der Waals surface area contributed by atoms with Crippen LogP contribution in [0.2, 0.25) is 0 Å². The van der Waals surface area contributed by atoms with E-state index in [1.165, 1.54) is 13.2 Å². The van der Waals surface area contributed by atoms with Crippen molar-refractivity contribution in [1.82, 2.24) is 0 Å². The Labute approximate surface area is 110 Å². The van der Waals surface area contributed by atoms with E-state index < -0.39 is 12.2 Å².